The first-order valence-electron chi connectivity index (χ1n) is 12.8. The van der Waals surface area contributed by atoms with Gasteiger partial charge in [-0.25, -0.2) is 15.0 Å². The summed E-state index contributed by atoms with van der Waals surface area (Å²) in [6.45, 7) is 5.07. The minimum absolute atomic E-state index is 0. The highest BCUT2D eigenvalue weighted by Crippen LogP contribution is 2.30. The van der Waals surface area contributed by atoms with E-state index in [0.29, 0.717) is 50.1 Å². The van der Waals surface area contributed by atoms with Gasteiger partial charge in [-0.3, -0.25) is 4.79 Å². The molecule has 37 heavy (non-hydrogen) atoms. The molecule has 0 spiro atoms. The third-order valence-corrected chi connectivity index (χ3v) is 7.18. The van der Waals surface area contributed by atoms with Crippen molar-refractivity contribution in [2.24, 2.45) is 5.92 Å². The van der Waals surface area contributed by atoms with E-state index in [2.05, 4.69) is 21.0 Å². The van der Waals surface area contributed by atoms with E-state index in [0.717, 1.165) is 28.9 Å². The highest BCUT2D eigenvalue weighted by atomic mass is 35.5. The number of ether oxygens (including phenoxy) is 2. The van der Waals surface area contributed by atoms with Crippen LogP contribution < -0.4 is 4.74 Å². The zero-order chi connectivity index (χ0) is 24.9. The standard InChI is InChI=1S/C27H32N6O3.ClH/c1-19-15-21(17-29-27(19)36-12-8-20-5-3-2-4-6-20)25-22-7-9-33(26(22)31-23(16-28)30-25)18-24(34)32-10-13-35-14-11-32;/h7,9,15,17,20H,2-6,8,10-14,18H2,1H3;1H. The molecule has 1 amide bonds. The van der Waals surface area contributed by atoms with Crippen molar-refractivity contribution >= 4 is 29.3 Å². The number of rotatable bonds is 7. The summed E-state index contributed by atoms with van der Waals surface area (Å²) in [5.41, 5.74) is 2.89. The van der Waals surface area contributed by atoms with Gasteiger partial charge in [-0.15, -0.1) is 12.4 Å². The quantitative estimate of drug-likeness (QED) is 0.453. The van der Waals surface area contributed by atoms with E-state index in [1.165, 1.54) is 32.1 Å². The van der Waals surface area contributed by atoms with Crippen LogP contribution in [-0.2, 0) is 16.1 Å². The highest BCUT2D eigenvalue weighted by Gasteiger charge is 2.20. The zero-order valence-electron chi connectivity index (χ0n) is 21.2. The van der Waals surface area contributed by atoms with Gasteiger partial charge in [-0.05, 0) is 31.4 Å². The molecule has 10 heteroatoms. The number of hydrogen-bond acceptors (Lipinski definition) is 7. The molecule has 2 fully saturated rings. The maximum atomic E-state index is 12.8. The Hall–Kier alpha value is -3.22. The summed E-state index contributed by atoms with van der Waals surface area (Å²) < 4.78 is 13.1. The van der Waals surface area contributed by atoms with E-state index in [1.54, 1.807) is 15.7 Å². The number of halogens is 1. The van der Waals surface area contributed by atoms with Gasteiger partial charge in [-0.2, -0.15) is 5.26 Å². The second-order valence-electron chi connectivity index (χ2n) is 9.67. The number of hydrogen-bond donors (Lipinski definition) is 0. The molecule has 4 heterocycles. The normalized spacial score (nSPS) is 16.3. The van der Waals surface area contributed by atoms with Gasteiger partial charge in [0.25, 0.3) is 0 Å². The predicted molar refractivity (Wildman–Crippen MR) is 142 cm³/mol. The number of amides is 1. The number of aryl methyl sites for hydroxylation is 1. The number of carbonyl (C=O) groups is 1. The molecule has 0 unspecified atom stereocenters. The molecule has 196 valence electrons. The first-order chi connectivity index (χ1) is 17.6. The van der Waals surface area contributed by atoms with Crippen molar-refractivity contribution in [1.29, 1.82) is 5.26 Å². The summed E-state index contributed by atoms with van der Waals surface area (Å²) in [5, 5.41) is 10.4. The fourth-order valence-electron chi connectivity index (χ4n) is 5.16. The second kappa shape index (κ2) is 12.3. The van der Waals surface area contributed by atoms with E-state index < -0.39 is 0 Å². The lowest BCUT2D eigenvalue weighted by molar-refractivity contribution is -0.135. The van der Waals surface area contributed by atoms with E-state index in [1.807, 2.05) is 25.3 Å². The van der Waals surface area contributed by atoms with Crippen molar-refractivity contribution in [3.63, 3.8) is 0 Å². The maximum absolute atomic E-state index is 12.8. The number of morpholine rings is 1. The molecule has 0 N–H and O–H groups in total. The van der Waals surface area contributed by atoms with Gasteiger partial charge in [0.2, 0.25) is 17.6 Å². The number of carbonyl (C=O) groups excluding carboxylic acids is 1. The average molecular weight is 525 g/mol. The van der Waals surface area contributed by atoms with Gasteiger partial charge >= 0.3 is 0 Å². The van der Waals surface area contributed by atoms with E-state index >= 15 is 0 Å². The second-order valence-corrected chi connectivity index (χ2v) is 9.67. The van der Waals surface area contributed by atoms with Gasteiger partial charge in [0.15, 0.2) is 0 Å². The molecule has 2 aliphatic rings. The maximum Gasteiger partial charge on any atom is 0.242 e. The molecule has 0 aromatic carbocycles. The zero-order valence-corrected chi connectivity index (χ0v) is 22.0. The minimum atomic E-state index is 0. The molecule has 0 radical (unpaired) electrons. The van der Waals surface area contributed by atoms with Gasteiger partial charge in [-0.1, -0.05) is 32.1 Å². The number of fused-ring (bicyclic) bond motifs is 1. The summed E-state index contributed by atoms with van der Waals surface area (Å²) in [7, 11) is 0. The third kappa shape index (κ3) is 6.20. The lowest BCUT2D eigenvalue weighted by Crippen LogP contribution is -2.42. The van der Waals surface area contributed by atoms with Crippen molar-refractivity contribution in [2.45, 2.75) is 52.0 Å². The summed E-state index contributed by atoms with van der Waals surface area (Å²) in [4.78, 5) is 28.1. The Morgan fingerprint density at radius 1 is 1.22 bits per heavy atom. The van der Waals surface area contributed by atoms with Crippen molar-refractivity contribution in [1.82, 2.24) is 24.4 Å². The van der Waals surface area contributed by atoms with Gasteiger partial charge < -0.3 is 18.9 Å². The van der Waals surface area contributed by atoms with Crippen LogP contribution in [0.4, 0.5) is 0 Å². The van der Waals surface area contributed by atoms with Crippen molar-refractivity contribution in [3.05, 3.63) is 35.9 Å². The molecule has 1 aliphatic heterocycles. The van der Waals surface area contributed by atoms with E-state index in [9.17, 15) is 10.1 Å². The average Bonchev–Trinajstić information content (AvgIpc) is 3.32. The summed E-state index contributed by atoms with van der Waals surface area (Å²) in [6, 6.07) is 5.93. The Kier molecular flexibility index (Phi) is 8.95. The fourth-order valence-corrected chi connectivity index (χ4v) is 5.16. The molecule has 1 saturated carbocycles. The highest BCUT2D eigenvalue weighted by molar-refractivity contribution is 5.92. The van der Waals surface area contributed by atoms with Crippen LogP contribution in [0.3, 0.4) is 0 Å². The topological polar surface area (TPSA) is 106 Å². The number of pyridine rings is 1. The molecular weight excluding hydrogens is 492 g/mol. The molecule has 3 aromatic heterocycles. The molecule has 1 saturated heterocycles. The van der Waals surface area contributed by atoms with Crippen LogP contribution >= 0.6 is 12.4 Å². The lowest BCUT2D eigenvalue weighted by Gasteiger charge is -2.27. The lowest BCUT2D eigenvalue weighted by atomic mass is 9.87. The smallest absolute Gasteiger partial charge is 0.242 e. The molecule has 9 nitrogen and oxygen atoms in total. The van der Waals surface area contributed by atoms with Crippen LogP contribution in [0, 0.1) is 24.2 Å². The first-order valence-corrected chi connectivity index (χ1v) is 12.8. The third-order valence-electron chi connectivity index (χ3n) is 7.18. The van der Waals surface area contributed by atoms with Crippen LogP contribution in [0.2, 0.25) is 0 Å². The van der Waals surface area contributed by atoms with Crippen LogP contribution in [0.1, 0.15) is 49.9 Å². The monoisotopic (exact) mass is 524 g/mol. The number of aromatic nitrogens is 4. The summed E-state index contributed by atoms with van der Waals surface area (Å²) in [6.07, 6.45) is 11.3. The van der Waals surface area contributed by atoms with Gasteiger partial charge in [0.05, 0.1) is 25.5 Å². The van der Waals surface area contributed by atoms with Crippen molar-refractivity contribution in [3.8, 4) is 23.2 Å². The predicted octanol–water partition coefficient (Wildman–Crippen LogP) is 4.30. The van der Waals surface area contributed by atoms with E-state index in [-0.39, 0.29) is 30.7 Å². The molecule has 0 bridgehead atoms. The van der Waals surface area contributed by atoms with Crippen LogP contribution in [0.25, 0.3) is 22.3 Å². The molecule has 5 rings (SSSR count). The van der Waals surface area contributed by atoms with E-state index in [4.69, 9.17) is 9.47 Å². The van der Waals surface area contributed by atoms with Crippen molar-refractivity contribution < 1.29 is 14.3 Å². The van der Waals surface area contributed by atoms with Gasteiger partial charge in [0.1, 0.15) is 18.3 Å². The Labute approximate surface area is 223 Å². The largest absolute Gasteiger partial charge is 0.477 e. The van der Waals surface area contributed by atoms with Crippen LogP contribution in [0.5, 0.6) is 5.88 Å². The Morgan fingerprint density at radius 2 is 2.00 bits per heavy atom. The molecular formula is C27H33ClN6O3. The number of nitriles is 1. The van der Waals surface area contributed by atoms with Crippen molar-refractivity contribution in [2.75, 3.05) is 32.9 Å². The Morgan fingerprint density at radius 3 is 2.73 bits per heavy atom. The molecule has 1 aliphatic carbocycles. The molecule has 0 atom stereocenters. The summed E-state index contributed by atoms with van der Waals surface area (Å²) >= 11 is 0. The SMILES string of the molecule is Cc1cc(-c2nc(C#N)nc3c2ccn3CC(=O)N2CCOCC2)cnc1OCCC1CCCCC1.Cl. The Balaban J connectivity index is 0.00000320. The summed E-state index contributed by atoms with van der Waals surface area (Å²) in [5.74, 6) is 1.45. The Bertz CT molecular complexity index is 1280. The first kappa shape index (κ1) is 26.8. The minimum Gasteiger partial charge on any atom is -0.477 e. The number of nitrogens with zero attached hydrogens (tertiary/aromatic N) is 6. The molecule has 3 aromatic rings. The van der Waals surface area contributed by atoms with Crippen LogP contribution in [-0.4, -0.2) is 63.2 Å². The fraction of sp³-hybridized carbons (Fsp3) is 0.519. The van der Waals surface area contributed by atoms with Gasteiger partial charge in [0, 0.05) is 42.0 Å². The van der Waals surface area contributed by atoms with Crippen LogP contribution in [0.15, 0.2) is 24.5 Å².